The Bertz CT molecular complexity index is 779. The van der Waals surface area contributed by atoms with E-state index >= 15 is 0 Å². The zero-order valence-electron chi connectivity index (χ0n) is 14.7. The highest BCUT2D eigenvalue weighted by molar-refractivity contribution is 5.53. The van der Waals surface area contributed by atoms with Gasteiger partial charge in [-0.05, 0) is 42.8 Å². The van der Waals surface area contributed by atoms with Crippen LogP contribution in [0.25, 0.3) is 0 Å². The van der Waals surface area contributed by atoms with Crippen molar-refractivity contribution in [3.63, 3.8) is 0 Å². The summed E-state index contributed by atoms with van der Waals surface area (Å²) in [6.07, 6.45) is 2.68. The topological polar surface area (TPSA) is 92.1 Å². The minimum Gasteiger partial charge on any atom is -0.371 e. The van der Waals surface area contributed by atoms with Gasteiger partial charge in [0, 0.05) is 30.9 Å². The van der Waals surface area contributed by atoms with Gasteiger partial charge in [0.15, 0.2) is 0 Å². The van der Waals surface area contributed by atoms with Crippen LogP contribution in [0.1, 0.15) is 26.2 Å². The molecule has 7 nitrogen and oxygen atoms in total. The molecule has 0 spiro atoms. The maximum Gasteiger partial charge on any atom is 0.316 e. The van der Waals surface area contributed by atoms with Crippen molar-refractivity contribution in [1.82, 2.24) is 0 Å². The quantitative estimate of drug-likeness (QED) is 0.481. The third-order valence-corrected chi connectivity index (χ3v) is 3.84. The van der Waals surface area contributed by atoms with Crippen LogP contribution in [-0.2, 0) is 0 Å². The Hall–Kier alpha value is -3.27. The number of unbranched alkanes of at least 4 members (excludes halogenated alkanes) is 1. The predicted molar refractivity (Wildman–Crippen MR) is 99.5 cm³/mol. The predicted octanol–water partition coefficient (Wildman–Crippen LogP) is 5.42. The molecule has 0 aliphatic carbocycles. The van der Waals surface area contributed by atoms with Gasteiger partial charge in [-0.25, -0.2) is 5.21 Å². The molecule has 134 valence electrons. The van der Waals surface area contributed by atoms with E-state index in [2.05, 4.69) is 28.1 Å². The molecule has 7 heteroatoms. The second-order valence-corrected chi connectivity index (χ2v) is 5.75. The van der Waals surface area contributed by atoms with E-state index in [1.165, 1.54) is 12.1 Å². The molecule has 0 aromatic heterocycles. The number of anilines is 1. The molecule has 0 saturated heterocycles. The Morgan fingerprint density at radius 2 is 1.62 bits per heavy atom. The van der Waals surface area contributed by atoms with Gasteiger partial charge in [0.2, 0.25) is 0 Å². The minimum atomic E-state index is -0.198. The second kappa shape index (κ2) is 9.89. The number of nitrogens with zero attached hydrogens (tertiary/aromatic N) is 5. The summed E-state index contributed by atoms with van der Waals surface area (Å²) in [6, 6.07) is 16.0. The molecule has 2 aromatic rings. The Kier molecular flexibility index (Phi) is 7.25. The molecule has 0 atom stereocenters. The van der Waals surface area contributed by atoms with Gasteiger partial charge in [-0.3, -0.25) is 0 Å². The summed E-state index contributed by atoms with van der Waals surface area (Å²) in [5, 5.41) is 25.9. The summed E-state index contributed by atoms with van der Waals surface area (Å²) in [7, 11) is 0. The fraction of sp³-hybridized carbons (Fsp3) is 0.316. The van der Waals surface area contributed by atoms with Gasteiger partial charge in [-0.1, -0.05) is 13.3 Å². The molecule has 0 fully saturated rings. The van der Waals surface area contributed by atoms with Crippen molar-refractivity contribution < 1.29 is 10.1 Å². The molecule has 0 saturated carbocycles. The van der Waals surface area contributed by atoms with Gasteiger partial charge in [-0.15, -0.1) is 0 Å². The van der Waals surface area contributed by atoms with Crippen LogP contribution in [0.2, 0.25) is 0 Å². The fourth-order valence-corrected chi connectivity index (χ4v) is 2.40. The summed E-state index contributed by atoms with van der Waals surface area (Å²) in [6.45, 7) is 3.78. The first kappa shape index (κ1) is 19.1. The highest BCUT2D eigenvalue weighted by Crippen LogP contribution is 2.24. The largest absolute Gasteiger partial charge is 0.371 e. The van der Waals surface area contributed by atoms with E-state index in [0.717, 1.165) is 25.1 Å². The molecule has 1 N–H and O–H groups in total. The normalized spacial score (nSPS) is 10.6. The second-order valence-electron chi connectivity index (χ2n) is 5.75. The maximum absolute atomic E-state index is 10.8. The monoisotopic (exact) mass is 352 g/mol. The number of benzene rings is 2. The summed E-state index contributed by atoms with van der Waals surface area (Å²) in [4.78, 5) is 12.8. The van der Waals surface area contributed by atoms with Crippen LogP contribution in [-0.4, -0.2) is 23.2 Å². The smallest absolute Gasteiger partial charge is 0.316 e. The molecule has 0 heterocycles. The zero-order valence-corrected chi connectivity index (χ0v) is 14.7. The van der Waals surface area contributed by atoms with Gasteiger partial charge in [0.05, 0.1) is 28.8 Å². The number of rotatable bonds is 9. The van der Waals surface area contributed by atoms with E-state index in [1.807, 2.05) is 24.3 Å². The van der Waals surface area contributed by atoms with Crippen LogP contribution in [0.5, 0.6) is 0 Å². The molecule has 2 aromatic carbocycles. The first-order valence-electron chi connectivity index (χ1n) is 8.54. The van der Waals surface area contributed by atoms with E-state index in [4.69, 9.17) is 10.5 Å². The lowest BCUT2D eigenvalue weighted by Gasteiger charge is -2.23. The average Bonchev–Trinajstić information content (AvgIpc) is 2.67. The van der Waals surface area contributed by atoms with E-state index in [1.54, 1.807) is 12.1 Å². The van der Waals surface area contributed by atoms with Crippen LogP contribution in [0.3, 0.4) is 0 Å². The van der Waals surface area contributed by atoms with E-state index < -0.39 is 0 Å². The number of azo groups is 1. The molecule has 26 heavy (non-hydrogen) atoms. The first-order chi connectivity index (χ1) is 12.6. The molecule has 0 amide bonds. The van der Waals surface area contributed by atoms with Gasteiger partial charge >= 0.3 is 5.69 Å². The van der Waals surface area contributed by atoms with Crippen molar-refractivity contribution in [1.29, 1.82) is 5.26 Å². The maximum atomic E-state index is 10.8. The fourth-order valence-electron chi connectivity index (χ4n) is 2.40. The molecular weight excluding hydrogens is 330 g/mol. The molecular formula is C19H22N5O2+. The lowest BCUT2D eigenvalue weighted by molar-refractivity contribution is -0.729. The average molecular weight is 352 g/mol. The van der Waals surface area contributed by atoms with E-state index in [-0.39, 0.29) is 10.6 Å². The number of hydrogen-bond acceptors (Lipinski definition) is 5. The van der Waals surface area contributed by atoms with Gasteiger partial charge < -0.3 is 4.90 Å². The van der Waals surface area contributed by atoms with Gasteiger partial charge in [-0.2, -0.15) is 15.5 Å². The highest BCUT2D eigenvalue weighted by Gasteiger charge is 2.09. The first-order valence-corrected chi connectivity index (χ1v) is 8.54. The number of nitriles is 1. The summed E-state index contributed by atoms with van der Waals surface area (Å²) < 4.78 is 0. The standard InChI is InChI=1S/C19H22N5O2/c1-2-3-14-23(15-4-13-20)18-9-5-16(6-10-18)21-22-17-7-11-19(12-8-17)24(25)26/h5-12H,2-4,14-15H2,1H3,(H,25,26)/q+1/b22-21+. The molecule has 0 bridgehead atoms. The van der Waals surface area contributed by atoms with Crippen molar-refractivity contribution in [3.05, 3.63) is 53.4 Å². The van der Waals surface area contributed by atoms with Crippen molar-refractivity contribution in [2.24, 2.45) is 10.2 Å². The Balaban J connectivity index is 2.05. The molecule has 2 rings (SSSR count). The van der Waals surface area contributed by atoms with Gasteiger partial charge in [0.25, 0.3) is 4.92 Å². The zero-order chi connectivity index (χ0) is 18.8. The lowest BCUT2D eigenvalue weighted by Crippen LogP contribution is -2.25. The molecule has 0 unspecified atom stereocenters. The molecule has 0 radical (unpaired) electrons. The molecule has 0 aliphatic heterocycles. The highest BCUT2D eigenvalue weighted by atomic mass is 16.6. The van der Waals surface area contributed by atoms with Crippen molar-refractivity contribution >= 4 is 22.7 Å². The third kappa shape index (κ3) is 5.67. The Morgan fingerprint density at radius 3 is 2.12 bits per heavy atom. The van der Waals surface area contributed by atoms with Crippen molar-refractivity contribution in [2.45, 2.75) is 26.2 Å². The Labute approximate surface area is 152 Å². The van der Waals surface area contributed by atoms with Crippen molar-refractivity contribution in [3.8, 4) is 6.07 Å². The van der Waals surface area contributed by atoms with Crippen LogP contribution < -0.4 is 4.90 Å². The third-order valence-electron chi connectivity index (χ3n) is 3.84. The van der Waals surface area contributed by atoms with Crippen molar-refractivity contribution in [2.75, 3.05) is 18.0 Å². The minimum absolute atomic E-state index is 0.137. The molecule has 0 aliphatic rings. The van der Waals surface area contributed by atoms with Gasteiger partial charge in [0.1, 0.15) is 0 Å². The van der Waals surface area contributed by atoms with Crippen LogP contribution in [0.15, 0.2) is 58.8 Å². The van der Waals surface area contributed by atoms with Crippen LogP contribution in [0, 0.1) is 16.2 Å². The summed E-state index contributed by atoms with van der Waals surface area (Å²) in [5.74, 6) is 0. The SMILES string of the molecule is CCCCN(CCC#N)c1ccc(/N=N/c2ccc([N+](=O)O)cc2)cc1. The van der Waals surface area contributed by atoms with E-state index in [0.29, 0.717) is 24.3 Å². The summed E-state index contributed by atoms with van der Waals surface area (Å²) in [5.41, 5.74) is 2.49. The van der Waals surface area contributed by atoms with Crippen LogP contribution in [0.4, 0.5) is 22.7 Å². The Morgan fingerprint density at radius 1 is 1.04 bits per heavy atom. The summed E-state index contributed by atoms with van der Waals surface area (Å²) >= 11 is 0. The lowest BCUT2D eigenvalue weighted by atomic mass is 10.2. The van der Waals surface area contributed by atoms with Crippen LogP contribution >= 0.6 is 0 Å². The van der Waals surface area contributed by atoms with E-state index in [9.17, 15) is 4.91 Å². The number of hydrogen-bond donors (Lipinski definition) is 1.